The van der Waals surface area contributed by atoms with Crippen molar-refractivity contribution in [1.29, 1.82) is 0 Å². The Morgan fingerprint density at radius 3 is 2.49 bits per heavy atom. The molecular formula is C41H47N9O4S. The fourth-order valence-corrected chi connectivity index (χ4v) is 11.0. The van der Waals surface area contributed by atoms with Gasteiger partial charge in [-0.1, -0.05) is 0 Å². The van der Waals surface area contributed by atoms with Crippen molar-refractivity contribution in [1.82, 2.24) is 29.7 Å². The number of nitrogens with zero attached hydrogens (tertiary/aromatic N) is 6. The molecule has 4 fully saturated rings. The number of carbonyl (C=O) groups is 3. The van der Waals surface area contributed by atoms with Crippen molar-refractivity contribution < 1.29 is 14.4 Å². The number of rotatable bonds is 5. The lowest BCUT2D eigenvalue weighted by Crippen LogP contribution is -2.58. The molecule has 3 amide bonds. The number of piperazine rings is 1. The molecule has 3 aromatic heterocycles. The van der Waals surface area contributed by atoms with Gasteiger partial charge in [0.1, 0.15) is 16.7 Å². The van der Waals surface area contributed by atoms with Gasteiger partial charge in [0.25, 0.3) is 5.91 Å². The lowest BCUT2D eigenvalue weighted by Gasteiger charge is -2.55. The average molecular weight is 762 g/mol. The van der Waals surface area contributed by atoms with E-state index in [1.807, 2.05) is 13.0 Å². The number of anilines is 3. The summed E-state index contributed by atoms with van der Waals surface area (Å²) in [4.78, 5) is 63.8. The van der Waals surface area contributed by atoms with Crippen LogP contribution in [0.25, 0.3) is 32.0 Å². The number of carbonyl (C=O) groups excluding carboxylic acids is 3. The van der Waals surface area contributed by atoms with E-state index in [1.54, 1.807) is 27.5 Å². The summed E-state index contributed by atoms with van der Waals surface area (Å²) in [5, 5.41) is 11.2. The van der Waals surface area contributed by atoms with Gasteiger partial charge in [0.05, 0.1) is 22.2 Å². The van der Waals surface area contributed by atoms with Crippen molar-refractivity contribution in [3.8, 4) is 0 Å². The highest BCUT2D eigenvalue weighted by Gasteiger charge is 2.45. The van der Waals surface area contributed by atoms with Crippen LogP contribution in [0.3, 0.4) is 0 Å². The van der Waals surface area contributed by atoms with Crippen LogP contribution < -0.4 is 31.4 Å². The monoisotopic (exact) mass is 761 g/mol. The van der Waals surface area contributed by atoms with Crippen molar-refractivity contribution in [3.05, 3.63) is 57.8 Å². The van der Waals surface area contributed by atoms with Crippen LogP contribution in [0, 0.1) is 11.3 Å². The van der Waals surface area contributed by atoms with Crippen LogP contribution in [-0.4, -0.2) is 95.1 Å². The van der Waals surface area contributed by atoms with Gasteiger partial charge in [-0.3, -0.25) is 33.7 Å². The maximum atomic E-state index is 13.2. The Labute approximate surface area is 322 Å². The third kappa shape index (κ3) is 5.87. The molecule has 5 aliphatic rings. The first-order chi connectivity index (χ1) is 26.6. The van der Waals surface area contributed by atoms with E-state index in [0.717, 1.165) is 106 Å². The van der Waals surface area contributed by atoms with Gasteiger partial charge < -0.3 is 20.4 Å². The number of hydrogen-bond donors (Lipinski definition) is 3. The molecule has 14 heteroatoms. The molecule has 2 aromatic carbocycles. The van der Waals surface area contributed by atoms with E-state index in [2.05, 4.69) is 67.0 Å². The standard InChI is InChI=1S/C41H47N9O4S/c1-24-20-42-36-35-27-4-9-33(44-28(27)5-8-32(35)55-37(36)39(53)43-24)48-17-15-47(16-18-48)21-25-11-13-41(14-12-25)22-49(23-41)26-3-6-29-31(19-26)46(2)40(54)50(29)30-7-10-34(51)45-38(30)52/h3-6,8-9,19,24-25,30,42H,7,10-18,20-23H2,1-2H3,(H,43,53)(H,45,51,52)/t24-,30?/m1/s1. The lowest BCUT2D eigenvalue weighted by molar-refractivity contribution is -0.135. The Balaban J connectivity index is 0.737. The molecule has 10 rings (SSSR count). The number of hydrogen-bond acceptors (Lipinski definition) is 10. The third-order valence-corrected chi connectivity index (χ3v) is 14.2. The fourth-order valence-electron chi connectivity index (χ4n) is 9.93. The molecule has 286 valence electrons. The minimum atomic E-state index is -0.670. The van der Waals surface area contributed by atoms with Gasteiger partial charge >= 0.3 is 5.69 Å². The van der Waals surface area contributed by atoms with Crippen LogP contribution in [0.4, 0.5) is 17.2 Å². The SMILES string of the molecule is C[C@@H]1CNc2c(sc3ccc4nc(N5CCN(CC6CCC7(CC6)CN(c6ccc8c(c6)n(C)c(=O)n8C6CCC(=O)NC6=O)C7)CC5)ccc4c23)C(=O)N1. The summed E-state index contributed by atoms with van der Waals surface area (Å²) in [5.41, 5.74) is 4.69. The molecule has 4 aliphatic heterocycles. The second-order valence-electron chi connectivity index (χ2n) is 16.7. The number of piperidine rings is 1. The fraction of sp³-hybridized carbons (Fsp3) is 0.488. The normalized spacial score (nSPS) is 23.5. The van der Waals surface area contributed by atoms with Gasteiger partial charge in [0.2, 0.25) is 11.8 Å². The quantitative estimate of drug-likeness (QED) is 0.222. The van der Waals surface area contributed by atoms with Gasteiger partial charge in [-0.05, 0) is 87.4 Å². The number of thiophene rings is 1. The molecule has 5 aromatic rings. The van der Waals surface area contributed by atoms with Crippen LogP contribution in [0.15, 0.2) is 47.3 Å². The smallest absolute Gasteiger partial charge is 0.329 e. The van der Waals surface area contributed by atoms with Crippen LogP contribution in [-0.2, 0) is 16.6 Å². The zero-order valence-corrected chi connectivity index (χ0v) is 32.2. The number of fused-ring (bicyclic) bond motifs is 6. The first-order valence-corrected chi connectivity index (χ1v) is 20.6. The van der Waals surface area contributed by atoms with E-state index in [4.69, 9.17) is 4.98 Å². The second kappa shape index (κ2) is 13.1. The number of imide groups is 1. The topological polar surface area (TPSA) is 137 Å². The third-order valence-electron chi connectivity index (χ3n) is 13.1. The molecule has 13 nitrogen and oxygen atoms in total. The number of nitrogens with one attached hydrogen (secondary N) is 3. The molecule has 2 atom stereocenters. The van der Waals surface area contributed by atoms with E-state index in [-0.39, 0.29) is 30.0 Å². The average Bonchev–Trinajstić information content (AvgIpc) is 3.62. The molecule has 1 saturated carbocycles. The molecule has 0 radical (unpaired) electrons. The first-order valence-electron chi connectivity index (χ1n) is 19.8. The minimum Gasteiger partial charge on any atom is -0.381 e. The van der Waals surface area contributed by atoms with Crippen LogP contribution >= 0.6 is 11.3 Å². The molecule has 1 unspecified atom stereocenters. The van der Waals surface area contributed by atoms with Crippen molar-refractivity contribution >= 4 is 78.3 Å². The maximum Gasteiger partial charge on any atom is 0.329 e. The number of imidazole rings is 1. The Morgan fingerprint density at radius 1 is 0.909 bits per heavy atom. The number of amides is 3. The Hall–Kier alpha value is -4.95. The Bertz CT molecular complexity index is 2440. The summed E-state index contributed by atoms with van der Waals surface area (Å²) in [7, 11) is 1.76. The summed E-state index contributed by atoms with van der Waals surface area (Å²) in [6, 6.07) is 14.1. The van der Waals surface area contributed by atoms with E-state index in [0.29, 0.717) is 18.4 Å². The molecule has 1 spiro atoms. The minimum absolute atomic E-state index is 0.00448. The van der Waals surface area contributed by atoms with Gasteiger partial charge in [-0.2, -0.15) is 0 Å². The van der Waals surface area contributed by atoms with Gasteiger partial charge in [0, 0.05) is 98.4 Å². The highest BCUT2D eigenvalue weighted by Crippen LogP contribution is 2.48. The molecule has 7 heterocycles. The van der Waals surface area contributed by atoms with Crippen molar-refractivity contribution in [2.24, 2.45) is 18.4 Å². The van der Waals surface area contributed by atoms with Crippen molar-refractivity contribution in [2.45, 2.75) is 57.5 Å². The van der Waals surface area contributed by atoms with Gasteiger partial charge in [0.15, 0.2) is 0 Å². The zero-order valence-electron chi connectivity index (χ0n) is 31.4. The van der Waals surface area contributed by atoms with Gasteiger partial charge in [-0.15, -0.1) is 11.3 Å². The van der Waals surface area contributed by atoms with E-state index >= 15 is 0 Å². The predicted octanol–water partition coefficient (Wildman–Crippen LogP) is 4.44. The molecule has 3 N–H and O–H groups in total. The lowest BCUT2D eigenvalue weighted by atomic mass is 9.65. The van der Waals surface area contributed by atoms with Gasteiger partial charge in [-0.25, -0.2) is 9.78 Å². The number of pyridine rings is 1. The summed E-state index contributed by atoms with van der Waals surface area (Å²) < 4.78 is 4.28. The summed E-state index contributed by atoms with van der Waals surface area (Å²) >= 11 is 1.55. The molecule has 55 heavy (non-hydrogen) atoms. The summed E-state index contributed by atoms with van der Waals surface area (Å²) in [5.74, 6) is 1.05. The predicted molar refractivity (Wildman–Crippen MR) is 216 cm³/mol. The summed E-state index contributed by atoms with van der Waals surface area (Å²) in [6.07, 6.45) is 5.60. The van der Waals surface area contributed by atoms with Crippen LogP contribution in [0.1, 0.15) is 61.2 Å². The number of aromatic nitrogens is 3. The highest BCUT2D eigenvalue weighted by molar-refractivity contribution is 7.21. The Kier molecular flexibility index (Phi) is 8.21. The van der Waals surface area contributed by atoms with Crippen LogP contribution in [0.5, 0.6) is 0 Å². The molecule has 3 saturated heterocycles. The highest BCUT2D eigenvalue weighted by atomic mass is 32.1. The summed E-state index contributed by atoms with van der Waals surface area (Å²) in [6.45, 7) is 9.97. The number of aryl methyl sites for hydroxylation is 1. The first kappa shape index (κ1) is 34.5. The largest absolute Gasteiger partial charge is 0.381 e. The van der Waals surface area contributed by atoms with E-state index in [1.165, 1.54) is 25.7 Å². The second-order valence-corrected chi connectivity index (χ2v) is 17.7. The van der Waals surface area contributed by atoms with E-state index in [9.17, 15) is 19.2 Å². The molecule has 1 aliphatic carbocycles. The van der Waals surface area contributed by atoms with Crippen molar-refractivity contribution in [2.75, 3.05) is 67.5 Å². The van der Waals surface area contributed by atoms with Crippen molar-refractivity contribution in [3.63, 3.8) is 0 Å². The maximum absolute atomic E-state index is 13.2. The zero-order chi connectivity index (χ0) is 37.6. The van der Waals surface area contributed by atoms with E-state index < -0.39 is 11.9 Å². The van der Waals surface area contributed by atoms with Crippen LogP contribution in [0.2, 0.25) is 0 Å². The Morgan fingerprint density at radius 2 is 1.71 bits per heavy atom. The molecule has 0 bridgehead atoms. The number of benzene rings is 2. The molecular weight excluding hydrogens is 715 g/mol.